The lowest BCUT2D eigenvalue weighted by molar-refractivity contribution is -0.278. The molecule has 0 aromatic rings. The number of esters is 2. The lowest BCUT2D eigenvalue weighted by Crippen LogP contribution is -2.54. The molecule has 0 bridgehead atoms. The fraction of sp³-hybridized carbons (Fsp3) is 0.773. The maximum Gasteiger partial charge on any atom is 0.324 e. The van der Waals surface area contributed by atoms with Gasteiger partial charge in [-0.25, -0.2) is 0 Å². The van der Waals surface area contributed by atoms with Gasteiger partial charge in [-0.15, -0.1) is 6.58 Å². The van der Waals surface area contributed by atoms with E-state index >= 15 is 0 Å². The third-order valence-electron chi connectivity index (χ3n) is 5.10. The van der Waals surface area contributed by atoms with Crippen LogP contribution >= 0.6 is 0 Å². The van der Waals surface area contributed by atoms with Crippen molar-refractivity contribution in [2.75, 3.05) is 39.6 Å². The molecule has 0 amide bonds. The van der Waals surface area contributed by atoms with Gasteiger partial charge in [0, 0.05) is 0 Å². The summed E-state index contributed by atoms with van der Waals surface area (Å²) < 4.78 is 31.5. The van der Waals surface area contributed by atoms with Gasteiger partial charge in [0.1, 0.15) is 5.41 Å². The van der Waals surface area contributed by atoms with Crippen molar-refractivity contribution in [1.29, 1.82) is 0 Å². The van der Waals surface area contributed by atoms with Crippen molar-refractivity contribution in [1.82, 2.24) is 0 Å². The van der Waals surface area contributed by atoms with E-state index < -0.39 is 28.4 Å². The smallest absolute Gasteiger partial charge is 0.324 e. The molecule has 2 aliphatic heterocycles. The quantitative estimate of drug-likeness (QED) is 0.347. The number of ether oxygens (including phenoxy) is 6. The standard InChI is InChI=1S/C11H18O5.C11H18O4/c1-5-14-9(13)11(8(2)12)6-15-10(3,4)16-7-11;1-5-11(9(12)13-6-2)7-14-10(3,4)15-8-11/h5-7H2,1-4H3;5H,1,6-8H2,2-4H3. The fourth-order valence-corrected chi connectivity index (χ4v) is 2.69. The van der Waals surface area contributed by atoms with Crippen molar-refractivity contribution in [2.24, 2.45) is 10.8 Å². The van der Waals surface area contributed by atoms with Crippen LogP contribution in [0.2, 0.25) is 0 Å². The van der Waals surface area contributed by atoms with Gasteiger partial charge in [0.25, 0.3) is 0 Å². The second kappa shape index (κ2) is 10.7. The number of carbonyl (C=O) groups excluding carboxylic acids is 3. The van der Waals surface area contributed by atoms with Crippen LogP contribution in [-0.2, 0) is 42.8 Å². The summed E-state index contributed by atoms with van der Waals surface area (Å²) in [5.74, 6) is -2.60. The highest BCUT2D eigenvalue weighted by Crippen LogP contribution is 2.33. The first kappa shape index (κ1) is 27.2. The first-order valence-corrected chi connectivity index (χ1v) is 10.3. The van der Waals surface area contributed by atoms with Gasteiger partial charge in [-0.2, -0.15) is 0 Å². The molecule has 0 unspecified atom stereocenters. The average Bonchev–Trinajstić information content (AvgIpc) is 2.69. The Morgan fingerprint density at radius 3 is 1.55 bits per heavy atom. The minimum Gasteiger partial charge on any atom is -0.465 e. The Morgan fingerprint density at radius 2 is 1.19 bits per heavy atom. The highest BCUT2D eigenvalue weighted by atomic mass is 16.7. The van der Waals surface area contributed by atoms with Crippen LogP contribution in [0.3, 0.4) is 0 Å². The van der Waals surface area contributed by atoms with Crippen LogP contribution in [0.1, 0.15) is 48.5 Å². The van der Waals surface area contributed by atoms with Gasteiger partial charge in [0.15, 0.2) is 22.8 Å². The molecule has 9 heteroatoms. The van der Waals surface area contributed by atoms with E-state index in [4.69, 9.17) is 28.4 Å². The van der Waals surface area contributed by atoms with Gasteiger partial charge in [-0.05, 0) is 48.5 Å². The molecular formula is C22H36O9. The van der Waals surface area contributed by atoms with Gasteiger partial charge < -0.3 is 28.4 Å². The number of rotatable bonds is 6. The molecule has 0 N–H and O–H groups in total. The molecule has 0 aromatic heterocycles. The van der Waals surface area contributed by atoms with Crippen LogP contribution in [0, 0.1) is 10.8 Å². The number of hydrogen-bond donors (Lipinski definition) is 0. The maximum absolute atomic E-state index is 11.8. The van der Waals surface area contributed by atoms with Crippen LogP contribution in [0.4, 0.5) is 0 Å². The molecule has 2 heterocycles. The van der Waals surface area contributed by atoms with E-state index in [9.17, 15) is 14.4 Å². The Bertz CT molecular complexity index is 646. The molecule has 2 aliphatic rings. The van der Waals surface area contributed by atoms with Gasteiger partial charge in [-0.1, -0.05) is 6.08 Å². The third kappa shape index (κ3) is 6.83. The molecule has 2 fully saturated rings. The highest BCUT2D eigenvalue weighted by Gasteiger charge is 2.51. The number of Topliss-reactive ketones (excluding diaryl/α,β-unsaturated/α-hetero) is 1. The molecule has 2 rings (SSSR count). The summed E-state index contributed by atoms with van der Waals surface area (Å²) in [5, 5.41) is 0. The van der Waals surface area contributed by atoms with Crippen molar-refractivity contribution in [3.63, 3.8) is 0 Å². The highest BCUT2D eigenvalue weighted by molar-refractivity contribution is 6.03. The second-order valence-corrected chi connectivity index (χ2v) is 8.39. The van der Waals surface area contributed by atoms with Crippen LogP contribution < -0.4 is 0 Å². The van der Waals surface area contributed by atoms with E-state index in [2.05, 4.69) is 6.58 Å². The van der Waals surface area contributed by atoms with E-state index in [1.165, 1.54) is 6.92 Å². The molecule has 0 saturated carbocycles. The Labute approximate surface area is 184 Å². The third-order valence-corrected chi connectivity index (χ3v) is 5.10. The van der Waals surface area contributed by atoms with Crippen LogP contribution in [0.25, 0.3) is 0 Å². The SMILES string of the molecule is C=CC1(C(=O)OCC)COC(C)(C)OC1.CCOC(=O)C1(C(C)=O)COC(C)(C)OC1. The molecule has 0 spiro atoms. The van der Waals surface area contributed by atoms with Crippen molar-refractivity contribution >= 4 is 17.7 Å². The van der Waals surface area contributed by atoms with Gasteiger partial charge >= 0.3 is 11.9 Å². The zero-order valence-corrected chi connectivity index (χ0v) is 19.7. The molecule has 0 radical (unpaired) electrons. The summed E-state index contributed by atoms with van der Waals surface area (Å²) in [6, 6.07) is 0. The lowest BCUT2D eigenvalue weighted by atomic mass is 9.85. The summed E-state index contributed by atoms with van der Waals surface area (Å²) in [6.07, 6.45) is 1.54. The molecule has 0 aliphatic carbocycles. The zero-order chi connectivity index (χ0) is 23.9. The lowest BCUT2D eigenvalue weighted by Gasteiger charge is -2.40. The van der Waals surface area contributed by atoms with E-state index in [1.54, 1.807) is 33.8 Å². The van der Waals surface area contributed by atoms with Crippen molar-refractivity contribution in [3.8, 4) is 0 Å². The Morgan fingerprint density at radius 1 is 0.806 bits per heavy atom. The Kier molecular flexibility index (Phi) is 9.37. The van der Waals surface area contributed by atoms with Crippen LogP contribution in [0.5, 0.6) is 0 Å². The first-order chi connectivity index (χ1) is 14.3. The minimum atomic E-state index is -1.30. The van der Waals surface area contributed by atoms with Crippen molar-refractivity contribution in [3.05, 3.63) is 12.7 Å². The predicted octanol–water partition coefficient (Wildman–Crippen LogP) is 2.41. The normalized spacial score (nSPS) is 22.8. The van der Waals surface area contributed by atoms with Gasteiger partial charge in [0.05, 0.1) is 39.6 Å². The van der Waals surface area contributed by atoms with Crippen LogP contribution in [-0.4, -0.2) is 68.9 Å². The zero-order valence-electron chi connectivity index (χ0n) is 19.7. The summed E-state index contributed by atoms with van der Waals surface area (Å²) in [6.45, 7) is 16.7. The molecular weight excluding hydrogens is 408 g/mol. The summed E-state index contributed by atoms with van der Waals surface area (Å²) in [5.41, 5.74) is -2.16. The Hall–Kier alpha value is -1.81. The summed E-state index contributed by atoms with van der Waals surface area (Å²) in [4.78, 5) is 35.1. The van der Waals surface area contributed by atoms with Gasteiger partial charge in [-0.3, -0.25) is 14.4 Å². The fourth-order valence-electron chi connectivity index (χ4n) is 2.69. The van der Waals surface area contributed by atoms with Gasteiger partial charge in [0.2, 0.25) is 0 Å². The average molecular weight is 445 g/mol. The monoisotopic (exact) mass is 444 g/mol. The molecule has 31 heavy (non-hydrogen) atoms. The predicted molar refractivity (Wildman–Crippen MR) is 111 cm³/mol. The largest absolute Gasteiger partial charge is 0.465 e. The first-order valence-electron chi connectivity index (χ1n) is 10.3. The second-order valence-electron chi connectivity index (χ2n) is 8.39. The van der Waals surface area contributed by atoms with E-state index in [-0.39, 0.29) is 44.8 Å². The van der Waals surface area contributed by atoms with E-state index in [0.717, 1.165) is 0 Å². The van der Waals surface area contributed by atoms with Crippen LogP contribution in [0.15, 0.2) is 12.7 Å². The molecule has 2 saturated heterocycles. The van der Waals surface area contributed by atoms with E-state index in [1.807, 2.05) is 13.8 Å². The summed E-state index contributed by atoms with van der Waals surface area (Å²) in [7, 11) is 0. The molecule has 178 valence electrons. The molecule has 0 aromatic carbocycles. The van der Waals surface area contributed by atoms with Crippen molar-refractivity contribution in [2.45, 2.75) is 60.0 Å². The summed E-state index contributed by atoms with van der Waals surface area (Å²) >= 11 is 0. The maximum atomic E-state index is 11.8. The minimum absolute atomic E-state index is 0.00810. The van der Waals surface area contributed by atoms with E-state index in [0.29, 0.717) is 6.61 Å². The van der Waals surface area contributed by atoms with Crippen molar-refractivity contribution < 1.29 is 42.8 Å². The molecule has 9 nitrogen and oxygen atoms in total. The molecule has 0 atom stereocenters. The number of hydrogen-bond acceptors (Lipinski definition) is 9. The number of ketones is 1. The number of carbonyl (C=O) groups is 3. The topological polar surface area (TPSA) is 107 Å². The Balaban J connectivity index is 0.000000311.